The molecule has 3 heteroatoms. The van der Waals surface area contributed by atoms with Crippen LogP contribution in [0.4, 0.5) is 0 Å². The lowest BCUT2D eigenvalue weighted by atomic mass is 9.75. The van der Waals surface area contributed by atoms with Gasteiger partial charge in [0.1, 0.15) is 5.75 Å². The topological polar surface area (TPSA) is 40.5 Å². The number of fused-ring (bicyclic) bond motifs is 2. The molecule has 2 aliphatic carbocycles. The Balaban J connectivity index is 1.62. The fourth-order valence-electron chi connectivity index (χ4n) is 4.00. The van der Waals surface area contributed by atoms with Crippen molar-refractivity contribution < 1.29 is 9.90 Å². The van der Waals surface area contributed by atoms with Gasteiger partial charge in [0, 0.05) is 18.5 Å². The fourth-order valence-corrected chi connectivity index (χ4v) is 4.00. The number of piperidine rings is 1. The van der Waals surface area contributed by atoms with Crippen molar-refractivity contribution in [2.45, 2.75) is 44.6 Å². The Bertz CT molecular complexity index is 550. The molecule has 3 aliphatic rings. The van der Waals surface area contributed by atoms with Gasteiger partial charge in [0.25, 0.3) is 0 Å². The third-order valence-corrected chi connectivity index (χ3v) is 5.23. The number of amides is 1. The molecule has 1 saturated carbocycles. The first-order chi connectivity index (χ1) is 9.72. The molecule has 4 rings (SSSR count). The molecule has 3 nitrogen and oxygen atoms in total. The van der Waals surface area contributed by atoms with Crippen LogP contribution in [0.3, 0.4) is 0 Å². The highest BCUT2D eigenvalue weighted by Gasteiger charge is 2.42. The second-order valence-electron chi connectivity index (χ2n) is 6.64. The molecule has 1 saturated heterocycles. The number of likely N-dealkylation sites (tertiary alicyclic amines) is 1. The summed E-state index contributed by atoms with van der Waals surface area (Å²) in [6, 6.07) is 6.12. The minimum Gasteiger partial charge on any atom is -0.508 e. The van der Waals surface area contributed by atoms with Crippen LogP contribution in [-0.2, 0) is 17.6 Å². The maximum atomic E-state index is 12.5. The SMILES string of the molecule is O=C(C1CC1)N1CCCC2Cc3cc(O)ccc3CC21. The number of hydrogen-bond donors (Lipinski definition) is 1. The number of rotatable bonds is 1. The van der Waals surface area contributed by atoms with Gasteiger partial charge in [-0.2, -0.15) is 0 Å². The van der Waals surface area contributed by atoms with E-state index in [1.165, 1.54) is 17.5 Å². The van der Waals surface area contributed by atoms with E-state index in [2.05, 4.69) is 4.90 Å². The zero-order valence-corrected chi connectivity index (χ0v) is 11.7. The molecule has 20 heavy (non-hydrogen) atoms. The molecule has 0 radical (unpaired) electrons. The van der Waals surface area contributed by atoms with E-state index in [-0.39, 0.29) is 0 Å². The number of aromatic hydroxyl groups is 1. The van der Waals surface area contributed by atoms with Crippen LogP contribution in [0.2, 0.25) is 0 Å². The first-order valence-corrected chi connectivity index (χ1v) is 7.83. The van der Waals surface area contributed by atoms with Gasteiger partial charge in [0.2, 0.25) is 5.91 Å². The summed E-state index contributed by atoms with van der Waals surface area (Å²) in [5.41, 5.74) is 2.60. The smallest absolute Gasteiger partial charge is 0.225 e. The summed E-state index contributed by atoms with van der Waals surface area (Å²) in [5.74, 6) is 1.68. The summed E-state index contributed by atoms with van der Waals surface area (Å²) < 4.78 is 0. The number of carbonyl (C=O) groups excluding carboxylic acids is 1. The molecule has 0 bridgehead atoms. The van der Waals surface area contributed by atoms with E-state index in [1.54, 1.807) is 6.07 Å². The van der Waals surface area contributed by atoms with Crippen LogP contribution >= 0.6 is 0 Å². The summed E-state index contributed by atoms with van der Waals surface area (Å²) >= 11 is 0. The minimum absolute atomic E-state index is 0.329. The summed E-state index contributed by atoms with van der Waals surface area (Å²) in [5, 5.41) is 9.64. The van der Waals surface area contributed by atoms with Crippen LogP contribution < -0.4 is 0 Å². The van der Waals surface area contributed by atoms with Crippen LogP contribution in [0.1, 0.15) is 36.8 Å². The molecule has 2 unspecified atom stereocenters. The highest BCUT2D eigenvalue weighted by molar-refractivity contribution is 5.81. The molecule has 0 aromatic heterocycles. The van der Waals surface area contributed by atoms with Crippen molar-refractivity contribution in [1.29, 1.82) is 0 Å². The third kappa shape index (κ3) is 2.00. The lowest BCUT2D eigenvalue weighted by Gasteiger charge is -2.44. The number of phenolic OH excluding ortho intramolecular Hbond substituents is 1. The van der Waals surface area contributed by atoms with E-state index < -0.39 is 0 Å². The van der Waals surface area contributed by atoms with Crippen molar-refractivity contribution in [2.24, 2.45) is 11.8 Å². The van der Waals surface area contributed by atoms with Crippen LogP contribution in [0, 0.1) is 11.8 Å². The van der Waals surface area contributed by atoms with Crippen molar-refractivity contribution >= 4 is 5.91 Å². The van der Waals surface area contributed by atoms with Crippen LogP contribution in [0.25, 0.3) is 0 Å². The first kappa shape index (κ1) is 12.2. The van der Waals surface area contributed by atoms with Gasteiger partial charge >= 0.3 is 0 Å². The molecule has 1 aromatic carbocycles. The lowest BCUT2D eigenvalue weighted by Crippen LogP contribution is -2.52. The number of carbonyl (C=O) groups is 1. The van der Waals surface area contributed by atoms with E-state index >= 15 is 0 Å². The average molecular weight is 271 g/mol. The van der Waals surface area contributed by atoms with Crippen molar-refractivity contribution in [1.82, 2.24) is 4.90 Å². The minimum atomic E-state index is 0.329. The van der Waals surface area contributed by atoms with Gasteiger partial charge in [-0.05, 0) is 67.7 Å². The standard InChI is InChI=1S/C17H21NO2/c19-15-6-5-12-10-16-13(8-14(12)9-15)2-1-7-18(16)17(20)11-3-4-11/h5-6,9,11,13,16,19H,1-4,7-8,10H2. The fraction of sp³-hybridized carbons (Fsp3) is 0.588. The zero-order chi connectivity index (χ0) is 13.7. The molecule has 0 spiro atoms. The van der Waals surface area contributed by atoms with Crippen molar-refractivity contribution in [2.75, 3.05) is 6.54 Å². The Labute approximate surface area is 119 Å². The lowest BCUT2D eigenvalue weighted by molar-refractivity contribution is -0.138. The van der Waals surface area contributed by atoms with E-state index in [0.717, 1.165) is 38.6 Å². The molecule has 2 atom stereocenters. The zero-order valence-electron chi connectivity index (χ0n) is 11.7. The van der Waals surface area contributed by atoms with Crippen molar-refractivity contribution in [3.63, 3.8) is 0 Å². The van der Waals surface area contributed by atoms with Gasteiger partial charge in [-0.15, -0.1) is 0 Å². The van der Waals surface area contributed by atoms with Crippen LogP contribution in [0.5, 0.6) is 5.75 Å². The molecule has 1 amide bonds. The Hall–Kier alpha value is -1.51. The second kappa shape index (κ2) is 4.51. The number of hydrogen-bond acceptors (Lipinski definition) is 2. The second-order valence-corrected chi connectivity index (χ2v) is 6.64. The molecule has 1 heterocycles. The summed E-state index contributed by atoms with van der Waals surface area (Å²) in [6.07, 6.45) is 6.53. The highest BCUT2D eigenvalue weighted by Crippen LogP contribution is 2.39. The molecule has 2 fully saturated rings. The summed E-state index contributed by atoms with van der Waals surface area (Å²) in [7, 11) is 0. The Kier molecular flexibility index (Phi) is 2.76. The van der Waals surface area contributed by atoms with Gasteiger partial charge in [-0.3, -0.25) is 4.79 Å². The predicted octanol–water partition coefficient (Wildman–Crippen LogP) is 2.51. The van der Waals surface area contributed by atoms with Crippen molar-refractivity contribution in [3.8, 4) is 5.75 Å². The quantitative estimate of drug-likeness (QED) is 0.852. The van der Waals surface area contributed by atoms with Gasteiger partial charge in [-0.25, -0.2) is 0 Å². The van der Waals surface area contributed by atoms with Gasteiger partial charge < -0.3 is 10.0 Å². The molecule has 106 valence electrons. The number of benzene rings is 1. The molecule has 1 aromatic rings. The normalized spacial score (nSPS) is 28.7. The Morgan fingerprint density at radius 2 is 2.00 bits per heavy atom. The van der Waals surface area contributed by atoms with Crippen molar-refractivity contribution in [3.05, 3.63) is 29.3 Å². The van der Waals surface area contributed by atoms with E-state index in [4.69, 9.17) is 0 Å². The monoisotopic (exact) mass is 271 g/mol. The number of nitrogens with zero attached hydrogens (tertiary/aromatic N) is 1. The summed E-state index contributed by atoms with van der Waals surface area (Å²) in [4.78, 5) is 14.6. The maximum absolute atomic E-state index is 12.5. The predicted molar refractivity (Wildman–Crippen MR) is 76.5 cm³/mol. The maximum Gasteiger partial charge on any atom is 0.225 e. The van der Waals surface area contributed by atoms with E-state index in [1.807, 2.05) is 12.1 Å². The van der Waals surface area contributed by atoms with E-state index in [9.17, 15) is 9.90 Å². The Morgan fingerprint density at radius 1 is 1.15 bits per heavy atom. The molecular weight excluding hydrogens is 250 g/mol. The average Bonchev–Trinajstić information content (AvgIpc) is 3.28. The summed E-state index contributed by atoms with van der Waals surface area (Å²) in [6.45, 7) is 0.948. The Morgan fingerprint density at radius 3 is 2.80 bits per heavy atom. The highest BCUT2D eigenvalue weighted by atomic mass is 16.3. The van der Waals surface area contributed by atoms with Crippen LogP contribution in [0.15, 0.2) is 18.2 Å². The molecule has 1 aliphatic heterocycles. The van der Waals surface area contributed by atoms with E-state index in [0.29, 0.717) is 29.5 Å². The molecule has 1 N–H and O–H groups in total. The first-order valence-electron chi connectivity index (χ1n) is 7.83. The van der Waals surface area contributed by atoms with Gasteiger partial charge in [0.05, 0.1) is 0 Å². The molecular formula is C17H21NO2. The van der Waals surface area contributed by atoms with Gasteiger partial charge in [-0.1, -0.05) is 6.07 Å². The van der Waals surface area contributed by atoms with Crippen LogP contribution in [-0.4, -0.2) is 28.5 Å². The third-order valence-electron chi connectivity index (χ3n) is 5.23. The largest absolute Gasteiger partial charge is 0.508 e. The number of phenols is 1. The van der Waals surface area contributed by atoms with Gasteiger partial charge in [0.15, 0.2) is 0 Å².